The summed E-state index contributed by atoms with van der Waals surface area (Å²) in [5.74, 6) is 0.925. The fraction of sp³-hybridized carbons (Fsp3) is 0.400. The molecule has 1 aliphatic carbocycles. The monoisotopic (exact) mass is 182 g/mol. The van der Waals surface area contributed by atoms with Gasteiger partial charge in [0.25, 0.3) is 0 Å². The van der Waals surface area contributed by atoms with Gasteiger partial charge in [-0.2, -0.15) is 0 Å². The van der Waals surface area contributed by atoms with Crippen molar-refractivity contribution >= 4 is 11.6 Å². The molecule has 1 aromatic carbocycles. The van der Waals surface area contributed by atoms with Crippen molar-refractivity contribution in [2.75, 3.05) is 0 Å². The van der Waals surface area contributed by atoms with Gasteiger partial charge in [-0.1, -0.05) is 17.7 Å². The summed E-state index contributed by atoms with van der Waals surface area (Å²) in [6.07, 6.45) is 1.23. The van der Waals surface area contributed by atoms with Crippen LogP contribution in [0.3, 0.4) is 0 Å². The van der Waals surface area contributed by atoms with E-state index in [4.69, 9.17) is 16.3 Å². The largest absolute Gasteiger partial charge is 0.489 e. The summed E-state index contributed by atoms with van der Waals surface area (Å²) in [4.78, 5) is 0. The Morgan fingerprint density at radius 1 is 1.33 bits per heavy atom. The first-order valence-electron chi connectivity index (χ1n) is 4.13. The zero-order chi connectivity index (χ0) is 8.55. The molecule has 0 aromatic heterocycles. The third kappa shape index (κ3) is 1.72. The van der Waals surface area contributed by atoms with Crippen LogP contribution in [0, 0.1) is 6.92 Å². The molecule has 12 heavy (non-hydrogen) atoms. The first kappa shape index (κ1) is 7.93. The van der Waals surface area contributed by atoms with Crippen LogP contribution < -0.4 is 4.74 Å². The summed E-state index contributed by atoms with van der Waals surface area (Å²) in [6.45, 7) is 2.06. The van der Waals surface area contributed by atoms with Gasteiger partial charge in [0.1, 0.15) is 11.9 Å². The van der Waals surface area contributed by atoms with E-state index in [-0.39, 0.29) is 11.5 Å². The molecule has 0 radical (unpaired) electrons. The van der Waals surface area contributed by atoms with Gasteiger partial charge < -0.3 is 4.74 Å². The van der Waals surface area contributed by atoms with Crippen LogP contribution >= 0.6 is 11.6 Å². The molecular formula is C10H11ClO. The number of halogens is 1. The van der Waals surface area contributed by atoms with Crippen LogP contribution in [0.4, 0.5) is 0 Å². The molecule has 0 heterocycles. The van der Waals surface area contributed by atoms with Crippen molar-refractivity contribution < 1.29 is 4.74 Å². The van der Waals surface area contributed by atoms with Crippen LogP contribution in [0.15, 0.2) is 24.3 Å². The first-order valence-corrected chi connectivity index (χ1v) is 4.57. The summed E-state index contributed by atoms with van der Waals surface area (Å²) < 4.78 is 5.56. The average molecular weight is 183 g/mol. The van der Waals surface area contributed by atoms with E-state index in [9.17, 15) is 0 Å². The van der Waals surface area contributed by atoms with Crippen LogP contribution in [0.25, 0.3) is 0 Å². The molecule has 0 amide bonds. The van der Waals surface area contributed by atoms with E-state index >= 15 is 0 Å². The number of hydrogen-bond donors (Lipinski definition) is 0. The molecule has 2 atom stereocenters. The summed E-state index contributed by atoms with van der Waals surface area (Å²) in [7, 11) is 0. The van der Waals surface area contributed by atoms with Gasteiger partial charge >= 0.3 is 0 Å². The van der Waals surface area contributed by atoms with Crippen LogP contribution in [-0.2, 0) is 0 Å². The molecule has 1 nitrogen and oxygen atoms in total. The predicted molar refractivity (Wildman–Crippen MR) is 49.9 cm³/mol. The molecule has 64 valence electrons. The van der Waals surface area contributed by atoms with Crippen molar-refractivity contribution in [2.45, 2.75) is 24.8 Å². The molecule has 2 rings (SSSR count). The van der Waals surface area contributed by atoms with Crippen molar-refractivity contribution in [2.24, 2.45) is 0 Å². The Hall–Kier alpha value is -0.690. The van der Waals surface area contributed by atoms with Gasteiger partial charge in [0.15, 0.2) is 0 Å². The van der Waals surface area contributed by atoms with Gasteiger partial charge in [-0.05, 0) is 19.1 Å². The molecular weight excluding hydrogens is 172 g/mol. The standard InChI is InChI=1S/C10H11ClO/c1-7-2-4-8(5-3-7)12-10-6-9(10)11/h2-5,9-10H,6H2,1H3. The molecule has 0 aliphatic heterocycles. The van der Waals surface area contributed by atoms with Gasteiger partial charge in [0, 0.05) is 6.42 Å². The summed E-state index contributed by atoms with van der Waals surface area (Å²) in [6, 6.07) is 8.05. The molecule has 1 aromatic rings. The van der Waals surface area contributed by atoms with E-state index in [2.05, 4.69) is 6.92 Å². The summed E-state index contributed by atoms with van der Waals surface area (Å²) >= 11 is 5.81. The van der Waals surface area contributed by atoms with E-state index in [1.165, 1.54) is 5.56 Å². The second kappa shape index (κ2) is 2.98. The van der Waals surface area contributed by atoms with Crippen LogP contribution in [0.5, 0.6) is 5.75 Å². The Morgan fingerprint density at radius 3 is 2.42 bits per heavy atom. The molecule has 1 aliphatic rings. The molecule has 2 heteroatoms. The maximum Gasteiger partial charge on any atom is 0.119 e. The number of alkyl halides is 1. The van der Waals surface area contributed by atoms with E-state index in [1.54, 1.807) is 0 Å². The molecule has 1 fully saturated rings. The fourth-order valence-corrected chi connectivity index (χ4v) is 1.28. The van der Waals surface area contributed by atoms with E-state index in [0.29, 0.717) is 0 Å². The van der Waals surface area contributed by atoms with Crippen LogP contribution in [-0.4, -0.2) is 11.5 Å². The Morgan fingerprint density at radius 2 is 1.92 bits per heavy atom. The van der Waals surface area contributed by atoms with E-state index in [0.717, 1.165) is 12.2 Å². The van der Waals surface area contributed by atoms with Crippen LogP contribution in [0.1, 0.15) is 12.0 Å². The third-order valence-corrected chi connectivity index (χ3v) is 2.43. The lowest BCUT2D eigenvalue weighted by molar-refractivity contribution is 0.304. The van der Waals surface area contributed by atoms with E-state index in [1.807, 2.05) is 24.3 Å². The Bertz CT molecular complexity index is 268. The minimum atomic E-state index is 0.228. The van der Waals surface area contributed by atoms with Crippen molar-refractivity contribution in [1.29, 1.82) is 0 Å². The highest BCUT2D eigenvalue weighted by Crippen LogP contribution is 2.32. The normalized spacial score (nSPS) is 26.8. The van der Waals surface area contributed by atoms with Crippen molar-refractivity contribution in [3.05, 3.63) is 29.8 Å². The zero-order valence-corrected chi connectivity index (χ0v) is 7.71. The number of rotatable bonds is 2. The summed E-state index contributed by atoms with van der Waals surface area (Å²) in [5, 5.41) is 0.228. The number of benzene rings is 1. The second-order valence-electron chi connectivity index (χ2n) is 3.22. The SMILES string of the molecule is Cc1ccc(OC2CC2Cl)cc1. The Kier molecular flexibility index (Phi) is 1.97. The van der Waals surface area contributed by atoms with Crippen molar-refractivity contribution in [3.63, 3.8) is 0 Å². The lowest BCUT2D eigenvalue weighted by Crippen LogP contribution is -1.99. The third-order valence-electron chi connectivity index (χ3n) is 1.97. The van der Waals surface area contributed by atoms with E-state index < -0.39 is 0 Å². The second-order valence-corrected chi connectivity index (χ2v) is 3.78. The smallest absolute Gasteiger partial charge is 0.119 e. The fourth-order valence-electron chi connectivity index (χ4n) is 1.06. The summed E-state index contributed by atoms with van der Waals surface area (Å²) in [5.41, 5.74) is 1.25. The van der Waals surface area contributed by atoms with Gasteiger partial charge in [-0.15, -0.1) is 11.6 Å². The minimum Gasteiger partial charge on any atom is -0.489 e. The minimum absolute atomic E-state index is 0.228. The highest BCUT2D eigenvalue weighted by Gasteiger charge is 2.37. The van der Waals surface area contributed by atoms with Crippen LogP contribution in [0.2, 0.25) is 0 Å². The maximum absolute atomic E-state index is 5.81. The number of ether oxygens (including phenoxy) is 1. The predicted octanol–water partition coefficient (Wildman–Crippen LogP) is 2.75. The molecule has 2 unspecified atom stereocenters. The zero-order valence-electron chi connectivity index (χ0n) is 6.96. The number of hydrogen-bond acceptors (Lipinski definition) is 1. The number of aryl methyl sites for hydroxylation is 1. The lowest BCUT2D eigenvalue weighted by Gasteiger charge is -2.03. The Balaban J connectivity index is 2.00. The van der Waals surface area contributed by atoms with Gasteiger partial charge in [-0.25, -0.2) is 0 Å². The average Bonchev–Trinajstić information content (AvgIpc) is 2.72. The molecule has 0 N–H and O–H groups in total. The lowest BCUT2D eigenvalue weighted by atomic mass is 10.2. The molecule has 0 saturated heterocycles. The molecule has 1 saturated carbocycles. The van der Waals surface area contributed by atoms with Gasteiger partial charge in [0.05, 0.1) is 5.38 Å². The van der Waals surface area contributed by atoms with Gasteiger partial charge in [-0.3, -0.25) is 0 Å². The first-order chi connectivity index (χ1) is 5.75. The molecule has 0 spiro atoms. The topological polar surface area (TPSA) is 9.23 Å². The van der Waals surface area contributed by atoms with Crippen molar-refractivity contribution in [3.8, 4) is 5.75 Å². The van der Waals surface area contributed by atoms with Gasteiger partial charge in [0.2, 0.25) is 0 Å². The van der Waals surface area contributed by atoms with Crippen molar-refractivity contribution in [1.82, 2.24) is 0 Å². The highest BCUT2D eigenvalue weighted by molar-refractivity contribution is 6.23. The Labute approximate surface area is 77.3 Å². The quantitative estimate of drug-likeness (QED) is 0.640. The maximum atomic E-state index is 5.81. The highest BCUT2D eigenvalue weighted by atomic mass is 35.5. The molecule has 0 bridgehead atoms.